The van der Waals surface area contributed by atoms with Gasteiger partial charge in [-0.25, -0.2) is 9.49 Å². The average Bonchev–Trinajstić information content (AvgIpc) is 3.67. The lowest BCUT2D eigenvalue weighted by atomic mass is 9.83. The van der Waals surface area contributed by atoms with Crippen LogP contribution in [0.2, 0.25) is 0 Å². The van der Waals surface area contributed by atoms with E-state index in [0.29, 0.717) is 40.7 Å². The van der Waals surface area contributed by atoms with Crippen molar-refractivity contribution in [1.82, 2.24) is 35.4 Å². The topological polar surface area (TPSA) is 113 Å². The molecule has 2 aromatic heterocycles. The average molecular weight is 562 g/mol. The van der Waals surface area contributed by atoms with E-state index in [9.17, 15) is 4.39 Å². The standard InChI is InChI=1S/C28H28FN7O3S/c1-28(2,19-7-14-23(37-3)24(17-19)38-4)26-32-33-27(36(26)21-10-8-20(29)9-11-21)40-16-15-39-22-12-5-18(6-13-22)25-30-34-35-31-25/h5-14,17H,15-16H2,1-4H3,(H,30,31,34,35). The summed E-state index contributed by atoms with van der Waals surface area (Å²) in [5, 5.41) is 23.6. The molecule has 10 nitrogen and oxygen atoms in total. The minimum absolute atomic E-state index is 0.314. The summed E-state index contributed by atoms with van der Waals surface area (Å²) in [7, 11) is 3.21. The molecule has 0 radical (unpaired) electrons. The number of H-pyrrole nitrogens is 1. The minimum atomic E-state index is -0.572. The maximum absolute atomic E-state index is 13.8. The fraction of sp³-hybridized carbons (Fsp3) is 0.250. The van der Waals surface area contributed by atoms with Crippen LogP contribution in [0.1, 0.15) is 25.2 Å². The van der Waals surface area contributed by atoms with Gasteiger partial charge in [-0.3, -0.25) is 4.57 Å². The number of nitrogens with zero attached hydrogens (tertiary/aromatic N) is 6. The van der Waals surface area contributed by atoms with Gasteiger partial charge in [0.05, 0.1) is 26.2 Å². The van der Waals surface area contributed by atoms with Crippen LogP contribution in [0.3, 0.4) is 0 Å². The Bertz CT molecular complexity index is 1560. The molecule has 5 aromatic rings. The van der Waals surface area contributed by atoms with Gasteiger partial charge in [0.1, 0.15) is 17.4 Å². The van der Waals surface area contributed by atoms with E-state index < -0.39 is 5.41 Å². The Morgan fingerprint density at radius 2 is 1.65 bits per heavy atom. The Labute approximate surface area is 234 Å². The van der Waals surface area contributed by atoms with Crippen LogP contribution in [0.4, 0.5) is 4.39 Å². The Morgan fingerprint density at radius 3 is 2.33 bits per heavy atom. The quantitative estimate of drug-likeness (QED) is 0.174. The number of hydrogen-bond donors (Lipinski definition) is 1. The van der Waals surface area contributed by atoms with E-state index in [0.717, 1.165) is 22.6 Å². The second-order valence-electron chi connectivity index (χ2n) is 9.28. The third-order valence-corrected chi connectivity index (χ3v) is 7.33. The number of tetrazole rings is 1. The molecule has 1 N–H and O–H groups in total. The van der Waals surface area contributed by atoms with E-state index in [-0.39, 0.29) is 5.82 Å². The van der Waals surface area contributed by atoms with Crippen molar-refractivity contribution in [2.24, 2.45) is 0 Å². The number of halogens is 1. The lowest BCUT2D eigenvalue weighted by Crippen LogP contribution is -2.24. The van der Waals surface area contributed by atoms with Crippen molar-refractivity contribution in [3.63, 3.8) is 0 Å². The predicted molar refractivity (Wildman–Crippen MR) is 149 cm³/mol. The summed E-state index contributed by atoms with van der Waals surface area (Å²) in [5.74, 6) is 3.59. The van der Waals surface area contributed by atoms with Crippen molar-refractivity contribution in [3.05, 3.63) is 83.9 Å². The molecule has 0 aliphatic heterocycles. The molecule has 206 valence electrons. The summed E-state index contributed by atoms with van der Waals surface area (Å²) >= 11 is 1.51. The molecule has 40 heavy (non-hydrogen) atoms. The Kier molecular flexibility index (Phi) is 7.96. The molecule has 12 heteroatoms. The molecule has 0 bridgehead atoms. The van der Waals surface area contributed by atoms with Gasteiger partial charge in [0.15, 0.2) is 22.5 Å². The first kappa shape index (κ1) is 27.1. The van der Waals surface area contributed by atoms with Gasteiger partial charge in [0.2, 0.25) is 0 Å². The maximum Gasteiger partial charge on any atom is 0.195 e. The zero-order chi connectivity index (χ0) is 28.1. The van der Waals surface area contributed by atoms with Crippen LogP contribution in [0.25, 0.3) is 17.1 Å². The highest BCUT2D eigenvalue weighted by Crippen LogP contribution is 2.38. The Morgan fingerprint density at radius 1 is 0.900 bits per heavy atom. The molecular weight excluding hydrogens is 533 g/mol. The molecule has 0 amide bonds. The highest BCUT2D eigenvalue weighted by atomic mass is 32.2. The number of benzene rings is 3. The van der Waals surface area contributed by atoms with Gasteiger partial charge in [-0.05, 0) is 90.5 Å². The zero-order valence-corrected chi connectivity index (χ0v) is 23.3. The smallest absolute Gasteiger partial charge is 0.195 e. The maximum atomic E-state index is 13.8. The summed E-state index contributed by atoms with van der Waals surface area (Å²) in [6, 6.07) is 19.6. The van der Waals surface area contributed by atoms with E-state index in [1.807, 2.05) is 47.0 Å². The van der Waals surface area contributed by atoms with Gasteiger partial charge in [-0.15, -0.1) is 15.3 Å². The fourth-order valence-corrected chi connectivity index (χ4v) is 5.00. The number of thioether (sulfide) groups is 1. The van der Waals surface area contributed by atoms with Crippen molar-refractivity contribution in [2.45, 2.75) is 24.4 Å². The monoisotopic (exact) mass is 561 g/mol. The second-order valence-corrected chi connectivity index (χ2v) is 10.3. The number of ether oxygens (including phenoxy) is 3. The highest BCUT2D eigenvalue weighted by Gasteiger charge is 2.32. The number of hydrogen-bond acceptors (Lipinski definition) is 9. The number of aromatic nitrogens is 7. The number of rotatable bonds is 11. The first-order chi connectivity index (χ1) is 19.4. The molecule has 0 unspecified atom stereocenters. The second kappa shape index (κ2) is 11.7. The minimum Gasteiger partial charge on any atom is -0.493 e. The van der Waals surface area contributed by atoms with Gasteiger partial charge in [0.25, 0.3) is 0 Å². The van der Waals surface area contributed by atoms with E-state index in [2.05, 4.69) is 44.7 Å². The lowest BCUT2D eigenvalue weighted by Gasteiger charge is -2.26. The van der Waals surface area contributed by atoms with E-state index in [1.165, 1.54) is 23.9 Å². The van der Waals surface area contributed by atoms with Crippen LogP contribution in [0.15, 0.2) is 71.9 Å². The van der Waals surface area contributed by atoms with Crippen LogP contribution in [0, 0.1) is 5.82 Å². The molecular formula is C28H28FN7O3S. The molecule has 0 aliphatic carbocycles. The summed E-state index contributed by atoms with van der Waals surface area (Å²) in [6.45, 7) is 4.57. The molecule has 0 spiro atoms. The van der Waals surface area contributed by atoms with Crippen LogP contribution >= 0.6 is 11.8 Å². The Hall–Kier alpha value is -4.45. The van der Waals surface area contributed by atoms with E-state index in [4.69, 9.17) is 14.2 Å². The van der Waals surface area contributed by atoms with Crippen molar-refractivity contribution < 1.29 is 18.6 Å². The van der Waals surface area contributed by atoms with E-state index >= 15 is 0 Å². The van der Waals surface area contributed by atoms with Gasteiger partial charge in [0, 0.05) is 17.0 Å². The van der Waals surface area contributed by atoms with Crippen molar-refractivity contribution in [1.29, 1.82) is 0 Å². The van der Waals surface area contributed by atoms with Gasteiger partial charge < -0.3 is 14.2 Å². The number of aromatic amines is 1. The van der Waals surface area contributed by atoms with Crippen molar-refractivity contribution >= 4 is 11.8 Å². The molecule has 0 saturated heterocycles. The number of nitrogens with one attached hydrogen (secondary N) is 1. The molecule has 3 aromatic carbocycles. The molecule has 0 fully saturated rings. The van der Waals surface area contributed by atoms with E-state index in [1.54, 1.807) is 26.4 Å². The predicted octanol–water partition coefficient (Wildman–Crippen LogP) is 5.10. The summed E-state index contributed by atoms with van der Waals surface area (Å²) in [4.78, 5) is 0. The van der Waals surface area contributed by atoms with Crippen LogP contribution in [-0.2, 0) is 5.41 Å². The summed E-state index contributed by atoms with van der Waals surface area (Å²) in [6.07, 6.45) is 0. The van der Waals surface area contributed by atoms with Crippen LogP contribution < -0.4 is 14.2 Å². The Balaban J connectivity index is 1.36. The largest absolute Gasteiger partial charge is 0.493 e. The fourth-order valence-electron chi connectivity index (χ4n) is 4.23. The first-order valence-electron chi connectivity index (χ1n) is 12.4. The zero-order valence-electron chi connectivity index (χ0n) is 22.5. The third kappa shape index (κ3) is 5.62. The molecule has 0 aliphatic rings. The van der Waals surface area contributed by atoms with Crippen molar-refractivity contribution in [3.8, 4) is 34.3 Å². The lowest BCUT2D eigenvalue weighted by molar-refractivity contribution is 0.344. The first-order valence-corrected chi connectivity index (χ1v) is 13.4. The van der Waals surface area contributed by atoms with Gasteiger partial charge in [-0.1, -0.05) is 17.8 Å². The molecule has 0 saturated carbocycles. The highest BCUT2D eigenvalue weighted by molar-refractivity contribution is 7.99. The number of methoxy groups -OCH3 is 2. The van der Waals surface area contributed by atoms with Crippen LogP contribution in [-0.4, -0.2) is 62.0 Å². The summed E-state index contributed by atoms with van der Waals surface area (Å²) < 4.78 is 32.6. The molecule has 5 rings (SSSR count). The van der Waals surface area contributed by atoms with Gasteiger partial charge >= 0.3 is 0 Å². The normalized spacial score (nSPS) is 11.4. The summed E-state index contributed by atoms with van der Waals surface area (Å²) in [5.41, 5.74) is 2.02. The molecule has 0 atom stereocenters. The third-order valence-electron chi connectivity index (χ3n) is 6.44. The van der Waals surface area contributed by atoms with Crippen molar-refractivity contribution in [2.75, 3.05) is 26.6 Å². The SMILES string of the molecule is COc1ccc(C(C)(C)c2nnc(SCCOc3ccc(-c4nnn[nH]4)cc3)n2-c2ccc(F)cc2)cc1OC. The van der Waals surface area contributed by atoms with Gasteiger partial charge in [-0.2, -0.15) is 0 Å². The van der Waals surface area contributed by atoms with Crippen LogP contribution in [0.5, 0.6) is 17.2 Å². The molecule has 2 heterocycles.